The number of aryl methyl sites for hydroxylation is 1. The molecule has 2 heterocycles. The van der Waals surface area contributed by atoms with Crippen LogP contribution >= 0.6 is 0 Å². The fourth-order valence-electron chi connectivity index (χ4n) is 4.31. The van der Waals surface area contributed by atoms with E-state index < -0.39 is 0 Å². The first-order valence-electron chi connectivity index (χ1n) is 11.5. The number of rotatable bonds is 9. The van der Waals surface area contributed by atoms with E-state index in [4.69, 9.17) is 9.47 Å². The minimum atomic E-state index is 0.501. The first kappa shape index (κ1) is 22.9. The molecule has 3 rings (SSSR count). The number of hydrogen-bond donors (Lipinski definition) is 2. The van der Waals surface area contributed by atoms with E-state index >= 15 is 0 Å². The molecule has 2 saturated heterocycles. The predicted octanol–water partition coefficient (Wildman–Crippen LogP) is 3.20. The molecule has 2 aliphatic heterocycles. The third-order valence-electron chi connectivity index (χ3n) is 5.99. The lowest BCUT2D eigenvalue weighted by molar-refractivity contribution is 0.166. The van der Waals surface area contributed by atoms with Crippen molar-refractivity contribution in [2.45, 2.75) is 52.6 Å². The molecule has 0 radical (unpaired) electrons. The van der Waals surface area contributed by atoms with Crippen molar-refractivity contribution in [3.8, 4) is 5.75 Å². The van der Waals surface area contributed by atoms with Gasteiger partial charge in [-0.1, -0.05) is 26.0 Å². The van der Waals surface area contributed by atoms with Gasteiger partial charge in [0.2, 0.25) is 0 Å². The van der Waals surface area contributed by atoms with Gasteiger partial charge in [-0.15, -0.1) is 0 Å². The van der Waals surface area contributed by atoms with Gasteiger partial charge < -0.3 is 20.1 Å². The molecule has 1 aromatic carbocycles. The van der Waals surface area contributed by atoms with Crippen molar-refractivity contribution in [2.75, 3.05) is 46.5 Å². The Bertz CT molecular complexity index is 686. The molecule has 2 N–H and O–H groups in total. The van der Waals surface area contributed by atoms with E-state index in [1.54, 1.807) is 0 Å². The lowest BCUT2D eigenvalue weighted by Crippen LogP contribution is -2.45. The summed E-state index contributed by atoms with van der Waals surface area (Å²) in [5, 5.41) is 7.00. The van der Waals surface area contributed by atoms with E-state index in [-0.39, 0.29) is 0 Å². The van der Waals surface area contributed by atoms with Crippen LogP contribution in [0.1, 0.15) is 44.2 Å². The van der Waals surface area contributed by atoms with E-state index in [0.717, 1.165) is 50.1 Å². The van der Waals surface area contributed by atoms with Gasteiger partial charge in [-0.3, -0.25) is 9.89 Å². The van der Waals surface area contributed by atoms with Crippen molar-refractivity contribution in [3.05, 3.63) is 29.3 Å². The average Bonchev–Trinajstić information content (AvgIpc) is 3.39. The molecule has 2 fully saturated rings. The molecule has 1 unspecified atom stereocenters. The van der Waals surface area contributed by atoms with Gasteiger partial charge in [-0.25, -0.2) is 0 Å². The van der Waals surface area contributed by atoms with Gasteiger partial charge in [0.25, 0.3) is 0 Å². The van der Waals surface area contributed by atoms with Crippen LogP contribution < -0.4 is 15.4 Å². The number of likely N-dealkylation sites (tertiary alicyclic amines) is 1. The van der Waals surface area contributed by atoms with E-state index in [2.05, 4.69) is 59.5 Å². The number of benzene rings is 1. The Morgan fingerprint density at radius 1 is 1.30 bits per heavy atom. The Labute approximate surface area is 182 Å². The Morgan fingerprint density at radius 2 is 2.17 bits per heavy atom. The maximum Gasteiger partial charge on any atom is 0.191 e. The zero-order chi connectivity index (χ0) is 21.3. The molecule has 2 aliphatic rings. The van der Waals surface area contributed by atoms with Gasteiger partial charge in [0.1, 0.15) is 5.75 Å². The highest BCUT2D eigenvalue weighted by Crippen LogP contribution is 2.23. The maximum absolute atomic E-state index is 6.17. The molecule has 1 aromatic rings. The second-order valence-corrected chi connectivity index (χ2v) is 9.14. The monoisotopic (exact) mass is 416 g/mol. The Kier molecular flexibility index (Phi) is 8.82. The third-order valence-corrected chi connectivity index (χ3v) is 5.99. The second kappa shape index (κ2) is 11.6. The topological polar surface area (TPSA) is 58.1 Å². The summed E-state index contributed by atoms with van der Waals surface area (Å²) in [5.74, 6) is 3.02. The van der Waals surface area contributed by atoms with Crippen LogP contribution in [0.2, 0.25) is 0 Å². The van der Waals surface area contributed by atoms with Crippen LogP contribution in [-0.2, 0) is 11.3 Å². The quantitative estimate of drug-likeness (QED) is 0.478. The van der Waals surface area contributed by atoms with E-state index in [9.17, 15) is 0 Å². The van der Waals surface area contributed by atoms with Gasteiger partial charge >= 0.3 is 0 Å². The van der Waals surface area contributed by atoms with Crippen LogP contribution in [0.5, 0.6) is 5.75 Å². The molecule has 0 saturated carbocycles. The number of guanidine groups is 1. The highest BCUT2D eigenvalue weighted by Gasteiger charge is 2.24. The first-order valence-corrected chi connectivity index (χ1v) is 11.5. The summed E-state index contributed by atoms with van der Waals surface area (Å²) in [7, 11) is 1.84. The van der Waals surface area contributed by atoms with Crippen LogP contribution in [0.25, 0.3) is 0 Å². The molecule has 168 valence electrons. The largest absolute Gasteiger partial charge is 0.493 e. The van der Waals surface area contributed by atoms with Crippen LogP contribution in [0, 0.1) is 18.8 Å². The van der Waals surface area contributed by atoms with Gasteiger partial charge in [0.05, 0.1) is 13.2 Å². The average molecular weight is 417 g/mol. The molecular formula is C24H40N4O2. The highest BCUT2D eigenvalue weighted by atomic mass is 16.5. The first-order chi connectivity index (χ1) is 14.5. The van der Waals surface area contributed by atoms with Crippen LogP contribution in [-0.4, -0.2) is 63.4 Å². The Balaban J connectivity index is 1.50. The molecule has 0 amide bonds. The molecular weight excluding hydrogens is 376 g/mol. The summed E-state index contributed by atoms with van der Waals surface area (Å²) in [6.45, 7) is 13.1. The zero-order valence-electron chi connectivity index (χ0n) is 19.2. The smallest absolute Gasteiger partial charge is 0.191 e. The predicted molar refractivity (Wildman–Crippen MR) is 123 cm³/mol. The normalized spacial score (nSPS) is 22.6. The molecule has 30 heavy (non-hydrogen) atoms. The summed E-state index contributed by atoms with van der Waals surface area (Å²) in [5.41, 5.74) is 2.37. The standard InChI is InChI=1S/C24H40N4O2/c1-18(2)15-28-10-5-6-22(28)14-27-24(25-4)26-13-21-8-7-19(3)12-23(21)30-17-20-9-11-29-16-20/h7-8,12,18,20,22H,5-6,9-11,13-17H2,1-4H3,(H2,25,26,27)/t20?,22-/m1/s1. The lowest BCUT2D eigenvalue weighted by Gasteiger charge is -2.27. The highest BCUT2D eigenvalue weighted by molar-refractivity contribution is 5.79. The summed E-state index contributed by atoms with van der Waals surface area (Å²) < 4.78 is 11.6. The van der Waals surface area contributed by atoms with Crippen molar-refractivity contribution >= 4 is 5.96 Å². The minimum Gasteiger partial charge on any atom is -0.493 e. The molecule has 0 bridgehead atoms. The van der Waals surface area contributed by atoms with Gasteiger partial charge in [-0.2, -0.15) is 0 Å². The fraction of sp³-hybridized carbons (Fsp3) is 0.708. The van der Waals surface area contributed by atoms with Gasteiger partial charge in [-0.05, 0) is 50.3 Å². The van der Waals surface area contributed by atoms with Crippen molar-refractivity contribution in [3.63, 3.8) is 0 Å². The lowest BCUT2D eigenvalue weighted by atomic mass is 10.1. The summed E-state index contributed by atoms with van der Waals surface area (Å²) in [6, 6.07) is 7.02. The number of ether oxygens (including phenoxy) is 2. The molecule has 2 atom stereocenters. The molecule has 6 nitrogen and oxygen atoms in total. The van der Waals surface area contributed by atoms with Crippen molar-refractivity contribution < 1.29 is 9.47 Å². The number of nitrogens with one attached hydrogen (secondary N) is 2. The Morgan fingerprint density at radius 3 is 2.90 bits per heavy atom. The third kappa shape index (κ3) is 6.88. The van der Waals surface area contributed by atoms with Crippen molar-refractivity contribution in [1.82, 2.24) is 15.5 Å². The van der Waals surface area contributed by atoms with Crippen LogP contribution in [0.4, 0.5) is 0 Å². The summed E-state index contributed by atoms with van der Waals surface area (Å²) in [6.07, 6.45) is 3.64. The van der Waals surface area contributed by atoms with Gasteiger partial charge in [0, 0.05) is 50.8 Å². The maximum atomic E-state index is 6.17. The van der Waals surface area contributed by atoms with E-state index in [1.807, 2.05) is 7.05 Å². The van der Waals surface area contributed by atoms with Crippen molar-refractivity contribution in [1.29, 1.82) is 0 Å². The zero-order valence-corrected chi connectivity index (χ0v) is 19.2. The van der Waals surface area contributed by atoms with Crippen molar-refractivity contribution in [2.24, 2.45) is 16.8 Å². The van der Waals surface area contributed by atoms with Crippen LogP contribution in [0.15, 0.2) is 23.2 Å². The molecule has 0 aliphatic carbocycles. The van der Waals surface area contributed by atoms with E-state index in [1.165, 1.54) is 31.5 Å². The Hall–Kier alpha value is -1.79. The SMILES string of the molecule is CN=C(NCc1ccc(C)cc1OCC1CCOC1)NC[C@H]1CCCN1CC(C)C. The number of hydrogen-bond acceptors (Lipinski definition) is 4. The van der Waals surface area contributed by atoms with Gasteiger partial charge in [0.15, 0.2) is 5.96 Å². The molecule has 6 heteroatoms. The molecule has 0 spiro atoms. The number of aliphatic imine (C=N–C) groups is 1. The number of nitrogens with zero attached hydrogens (tertiary/aromatic N) is 2. The van der Waals surface area contributed by atoms with E-state index in [0.29, 0.717) is 24.4 Å². The van der Waals surface area contributed by atoms with Crippen LogP contribution in [0.3, 0.4) is 0 Å². The second-order valence-electron chi connectivity index (χ2n) is 9.14. The molecule has 0 aromatic heterocycles. The minimum absolute atomic E-state index is 0.501. The summed E-state index contributed by atoms with van der Waals surface area (Å²) >= 11 is 0. The fourth-order valence-corrected chi connectivity index (χ4v) is 4.31. The summed E-state index contributed by atoms with van der Waals surface area (Å²) in [4.78, 5) is 7.04.